The van der Waals surface area contributed by atoms with Crippen molar-refractivity contribution in [3.05, 3.63) is 23.1 Å². The molecule has 0 aromatic carbocycles. The van der Waals surface area contributed by atoms with Gasteiger partial charge in [-0.15, -0.1) is 10.2 Å². The summed E-state index contributed by atoms with van der Waals surface area (Å²) >= 11 is 5.96. The molecule has 1 saturated carbocycles. The molecule has 2 aromatic heterocycles. The zero-order valence-electron chi connectivity index (χ0n) is 10.3. The highest BCUT2D eigenvalue weighted by Crippen LogP contribution is 2.29. The number of fused-ring (bicyclic) bond motifs is 1. The first-order valence-electron chi connectivity index (χ1n) is 6.72. The van der Waals surface area contributed by atoms with Crippen LogP contribution in [-0.2, 0) is 0 Å². The normalized spacial score (nSPS) is 18.7. The first kappa shape index (κ1) is 11.9. The molecule has 96 valence electrons. The van der Waals surface area contributed by atoms with Gasteiger partial charge in [0.15, 0.2) is 11.5 Å². The van der Waals surface area contributed by atoms with Gasteiger partial charge >= 0.3 is 0 Å². The summed E-state index contributed by atoms with van der Waals surface area (Å²) < 4.78 is 1.81. The standard InChI is InChI=1S/C13H17ClN4/c14-11-8-9-12-15-16-13(18(12)17-11)10-6-4-2-1-3-5-7-10/h8-10H,1-7H2. The summed E-state index contributed by atoms with van der Waals surface area (Å²) in [6.45, 7) is 0. The minimum Gasteiger partial charge on any atom is -0.196 e. The molecule has 0 spiro atoms. The van der Waals surface area contributed by atoms with Crippen LogP contribution < -0.4 is 0 Å². The average molecular weight is 265 g/mol. The van der Waals surface area contributed by atoms with E-state index in [1.165, 1.54) is 44.9 Å². The van der Waals surface area contributed by atoms with Gasteiger partial charge < -0.3 is 0 Å². The molecular formula is C13H17ClN4. The van der Waals surface area contributed by atoms with Crippen molar-refractivity contribution >= 4 is 17.2 Å². The van der Waals surface area contributed by atoms with E-state index in [4.69, 9.17) is 11.6 Å². The number of hydrogen-bond acceptors (Lipinski definition) is 3. The summed E-state index contributed by atoms with van der Waals surface area (Å²) in [6, 6.07) is 3.63. The van der Waals surface area contributed by atoms with Crippen LogP contribution in [0.2, 0.25) is 5.15 Å². The number of nitrogens with zero attached hydrogens (tertiary/aromatic N) is 4. The lowest BCUT2D eigenvalue weighted by Gasteiger charge is -2.17. The molecule has 18 heavy (non-hydrogen) atoms. The quantitative estimate of drug-likeness (QED) is 0.790. The van der Waals surface area contributed by atoms with Gasteiger partial charge in [0.05, 0.1) is 0 Å². The summed E-state index contributed by atoms with van der Waals surface area (Å²) in [7, 11) is 0. The third-order valence-electron chi connectivity index (χ3n) is 3.72. The van der Waals surface area contributed by atoms with Gasteiger partial charge in [0.25, 0.3) is 0 Å². The van der Waals surface area contributed by atoms with E-state index in [1.54, 1.807) is 6.07 Å². The Hall–Kier alpha value is -1.16. The maximum absolute atomic E-state index is 5.96. The van der Waals surface area contributed by atoms with Crippen LogP contribution in [0.1, 0.15) is 56.7 Å². The first-order chi connectivity index (χ1) is 8.84. The number of aromatic nitrogens is 4. The highest BCUT2D eigenvalue weighted by Gasteiger charge is 2.19. The third kappa shape index (κ3) is 2.34. The van der Waals surface area contributed by atoms with Crippen molar-refractivity contribution in [1.29, 1.82) is 0 Å². The van der Waals surface area contributed by atoms with Crippen molar-refractivity contribution in [2.75, 3.05) is 0 Å². The SMILES string of the molecule is Clc1ccc2nnc(C3CCCCCCC3)n2n1. The van der Waals surface area contributed by atoms with Crippen LogP contribution in [-0.4, -0.2) is 19.8 Å². The summed E-state index contributed by atoms with van der Waals surface area (Å²) in [5.41, 5.74) is 0.788. The second kappa shape index (κ2) is 5.22. The van der Waals surface area contributed by atoms with Gasteiger partial charge in [0, 0.05) is 5.92 Å². The van der Waals surface area contributed by atoms with Crippen LogP contribution in [0.15, 0.2) is 12.1 Å². The Balaban J connectivity index is 1.94. The van der Waals surface area contributed by atoms with Crippen molar-refractivity contribution in [3.8, 4) is 0 Å². The highest BCUT2D eigenvalue weighted by atomic mass is 35.5. The average Bonchev–Trinajstić information content (AvgIpc) is 2.72. The number of halogens is 1. The smallest absolute Gasteiger partial charge is 0.178 e. The molecule has 0 radical (unpaired) electrons. The fourth-order valence-corrected chi connectivity index (χ4v) is 2.89. The highest BCUT2D eigenvalue weighted by molar-refractivity contribution is 6.29. The van der Waals surface area contributed by atoms with Gasteiger partial charge in [-0.3, -0.25) is 0 Å². The first-order valence-corrected chi connectivity index (χ1v) is 7.10. The summed E-state index contributed by atoms with van der Waals surface area (Å²) in [5.74, 6) is 1.46. The molecule has 0 saturated heterocycles. The second-order valence-corrected chi connectivity index (χ2v) is 5.41. The maximum atomic E-state index is 5.96. The summed E-state index contributed by atoms with van der Waals surface area (Å²) in [6.07, 6.45) is 8.98. The minimum atomic E-state index is 0.478. The van der Waals surface area contributed by atoms with E-state index in [2.05, 4.69) is 15.3 Å². The third-order valence-corrected chi connectivity index (χ3v) is 3.93. The molecule has 4 nitrogen and oxygen atoms in total. The predicted molar refractivity (Wildman–Crippen MR) is 70.9 cm³/mol. The fraction of sp³-hybridized carbons (Fsp3) is 0.615. The Labute approximate surface area is 111 Å². The molecule has 3 rings (SSSR count). The molecule has 0 unspecified atom stereocenters. The molecule has 0 amide bonds. The molecule has 5 heteroatoms. The van der Waals surface area contributed by atoms with Crippen LogP contribution >= 0.6 is 11.6 Å². The lowest BCUT2D eigenvalue weighted by atomic mass is 9.91. The van der Waals surface area contributed by atoms with E-state index in [0.29, 0.717) is 11.1 Å². The molecule has 1 fully saturated rings. The van der Waals surface area contributed by atoms with Gasteiger partial charge in [-0.05, 0) is 25.0 Å². The van der Waals surface area contributed by atoms with Crippen LogP contribution in [0, 0.1) is 0 Å². The van der Waals surface area contributed by atoms with Crippen molar-refractivity contribution in [2.24, 2.45) is 0 Å². The molecule has 2 aromatic rings. The van der Waals surface area contributed by atoms with E-state index in [0.717, 1.165) is 11.5 Å². The Morgan fingerprint density at radius 2 is 1.72 bits per heavy atom. The Morgan fingerprint density at radius 1 is 1.00 bits per heavy atom. The van der Waals surface area contributed by atoms with Gasteiger partial charge in [-0.25, -0.2) is 0 Å². The zero-order chi connectivity index (χ0) is 12.4. The lowest BCUT2D eigenvalue weighted by Crippen LogP contribution is -2.08. The van der Waals surface area contributed by atoms with Crippen LogP contribution in [0.25, 0.3) is 5.65 Å². The van der Waals surface area contributed by atoms with Crippen LogP contribution in [0.3, 0.4) is 0 Å². The Bertz CT molecular complexity index is 529. The van der Waals surface area contributed by atoms with E-state index in [-0.39, 0.29) is 0 Å². The topological polar surface area (TPSA) is 43.1 Å². The molecule has 2 heterocycles. The van der Waals surface area contributed by atoms with E-state index < -0.39 is 0 Å². The van der Waals surface area contributed by atoms with Crippen molar-refractivity contribution in [2.45, 2.75) is 50.9 Å². The van der Waals surface area contributed by atoms with Crippen molar-refractivity contribution < 1.29 is 0 Å². The molecular weight excluding hydrogens is 248 g/mol. The molecule has 1 aliphatic carbocycles. The minimum absolute atomic E-state index is 0.478. The van der Waals surface area contributed by atoms with Gasteiger partial charge in [-0.1, -0.05) is 43.7 Å². The largest absolute Gasteiger partial charge is 0.196 e. The molecule has 1 aliphatic rings. The van der Waals surface area contributed by atoms with Crippen LogP contribution in [0.5, 0.6) is 0 Å². The number of rotatable bonds is 1. The van der Waals surface area contributed by atoms with E-state index in [1.807, 2.05) is 10.6 Å². The van der Waals surface area contributed by atoms with Crippen LogP contribution in [0.4, 0.5) is 0 Å². The zero-order valence-corrected chi connectivity index (χ0v) is 11.1. The molecule has 0 bridgehead atoms. The molecule has 0 atom stereocenters. The Morgan fingerprint density at radius 3 is 2.50 bits per heavy atom. The maximum Gasteiger partial charge on any atom is 0.178 e. The van der Waals surface area contributed by atoms with Gasteiger partial charge in [0.2, 0.25) is 0 Å². The fourth-order valence-electron chi connectivity index (χ4n) is 2.75. The monoisotopic (exact) mass is 264 g/mol. The van der Waals surface area contributed by atoms with Gasteiger partial charge in [-0.2, -0.15) is 9.61 Å². The van der Waals surface area contributed by atoms with Gasteiger partial charge in [0.1, 0.15) is 5.15 Å². The van der Waals surface area contributed by atoms with E-state index >= 15 is 0 Å². The summed E-state index contributed by atoms with van der Waals surface area (Å²) in [4.78, 5) is 0. The van der Waals surface area contributed by atoms with Crippen molar-refractivity contribution in [1.82, 2.24) is 19.8 Å². The van der Waals surface area contributed by atoms with E-state index in [9.17, 15) is 0 Å². The van der Waals surface area contributed by atoms with Crippen molar-refractivity contribution in [3.63, 3.8) is 0 Å². The summed E-state index contributed by atoms with van der Waals surface area (Å²) in [5, 5.41) is 13.3. The Kier molecular flexibility index (Phi) is 3.46. The predicted octanol–water partition coefficient (Wildman–Crippen LogP) is 3.61. The number of hydrogen-bond donors (Lipinski definition) is 0. The molecule has 0 N–H and O–H groups in total. The second-order valence-electron chi connectivity index (χ2n) is 5.03. The lowest BCUT2D eigenvalue weighted by molar-refractivity contribution is 0.437. The molecule has 0 aliphatic heterocycles.